The first-order valence-electron chi connectivity index (χ1n) is 11.6. The minimum Gasteiger partial charge on any atom is -0.484 e. The lowest BCUT2D eigenvalue weighted by Gasteiger charge is -2.14. The first-order valence-corrected chi connectivity index (χ1v) is 12.8. The van der Waals surface area contributed by atoms with Crippen LogP contribution in [-0.4, -0.2) is 34.4 Å². The average molecular weight is 533 g/mol. The number of hydrogen-bond donors (Lipinski definition) is 1. The molecule has 1 saturated heterocycles. The van der Waals surface area contributed by atoms with Crippen molar-refractivity contribution in [1.29, 1.82) is 0 Å². The van der Waals surface area contributed by atoms with Gasteiger partial charge in [0, 0.05) is 5.69 Å². The molecule has 7 nitrogen and oxygen atoms in total. The molecule has 0 atom stereocenters. The third kappa shape index (κ3) is 5.79. The van der Waals surface area contributed by atoms with Gasteiger partial charge < -0.3 is 19.5 Å². The van der Waals surface area contributed by atoms with Gasteiger partial charge in [0.1, 0.15) is 10.1 Å². The Balaban J connectivity index is 1.21. The lowest BCUT2D eigenvalue weighted by molar-refractivity contribution is -0.122. The zero-order chi connectivity index (χ0) is 25.9. The van der Waals surface area contributed by atoms with Gasteiger partial charge in [-0.3, -0.25) is 14.5 Å². The fourth-order valence-corrected chi connectivity index (χ4v) is 5.12. The fourth-order valence-electron chi connectivity index (χ4n) is 3.87. The molecule has 2 amide bonds. The molecule has 1 fully saturated rings. The summed E-state index contributed by atoms with van der Waals surface area (Å²) in [5.74, 6) is 1.47. The standard InChI is InChI=1S/C28H24N2O5S2/c1-17-6-8-21(10-18(17)2)29-26(31)15-33-22-5-3-4-19(11-22)13-25-27(32)30(28(36)37-25)14-20-7-9-23-24(12-20)35-16-34-23/h3-13H,14-16H2,1-2H3,(H,29,31)/b25-13-. The Kier molecular flexibility index (Phi) is 7.16. The topological polar surface area (TPSA) is 77.1 Å². The Labute approximate surface area is 224 Å². The Bertz CT molecular complexity index is 1440. The summed E-state index contributed by atoms with van der Waals surface area (Å²) >= 11 is 6.73. The monoisotopic (exact) mass is 532 g/mol. The van der Waals surface area contributed by atoms with E-state index in [0.29, 0.717) is 33.0 Å². The van der Waals surface area contributed by atoms with Gasteiger partial charge in [0.2, 0.25) is 6.79 Å². The van der Waals surface area contributed by atoms with E-state index in [1.54, 1.807) is 23.1 Å². The van der Waals surface area contributed by atoms with Gasteiger partial charge in [-0.1, -0.05) is 48.2 Å². The summed E-state index contributed by atoms with van der Waals surface area (Å²) < 4.78 is 17.0. The number of rotatable bonds is 7. The van der Waals surface area contributed by atoms with Crippen molar-refractivity contribution in [2.45, 2.75) is 20.4 Å². The van der Waals surface area contributed by atoms with E-state index in [9.17, 15) is 9.59 Å². The van der Waals surface area contributed by atoms with Crippen LogP contribution in [0.1, 0.15) is 22.3 Å². The third-order valence-electron chi connectivity index (χ3n) is 5.97. The van der Waals surface area contributed by atoms with E-state index in [0.717, 1.165) is 27.9 Å². The molecule has 0 aliphatic carbocycles. The number of nitrogens with one attached hydrogen (secondary N) is 1. The second-order valence-electron chi connectivity index (χ2n) is 8.66. The van der Waals surface area contributed by atoms with Gasteiger partial charge in [-0.15, -0.1) is 0 Å². The predicted octanol–water partition coefficient (Wildman–Crippen LogP) is 5.45. The molecule has 9 heteroatoms. The van der Waals surface area contributed by atoms with Crippen molar-refractivity contribution in [3.8, 4) is 17.2 Å². The van der Waals surface area contributed by atoms with Crippen molar-refractivity contribution in [2.75, 3.05) is 18.7 Å². The molecule has 2 aliphatic heterocycles. The molecule has 37 heavy (non-hydrogen) atoms. The quantitative estimate of drug-likeness (QED) is 0.320. The van der Waals surface area contributed by atoms with E-state index in [1.165, 1.54) is 11.8 Å². The van der Waals surface area contributed by atoms with Gasteiger partial charge in [-0.25, -0.2) is 0 Å². The number of fused-ring (bicyclic) bond motifs is 1. The summed E-state index contributed by atoms with van der Waals surface area (Å²) in [4.78, 5) is 27.5. The van der Waals surface area contributed by atoms with Gasteiger partial charge >= 0.3 is 0 Å². The largest absolute Gasteiger partial charge is 0.484 e. The number of carbonyl (C=O) groups is 2. The lowest BCUT2D eigenvalue weighted by atomic mass is 10.1. The second kappa shape index (κ2) is 10.7. The molecule has 0 saturated carbocycles. The van der Waals surface area contributed by atoms with Crippen molar-refractivity contribution in [1.82, 2.24) is 4.90 Å². The number of anilines is 1. The lowest BCUT2D eigenvalue weighted by Crippen LogP contribution is -2.27. The van der Waals surface area contributed by atoms with Crippen LogP contribution < -0.4 is 19.5 Å². The van der Waals surface area contributed by atoms with Crippen molar-refractivity contribution in [2.24, 2.45) is 0 Å². The highest BCUT2D eigenvalue weighted by Gasteiger charge is 2.32. The molecular formula is C28H24N2O5S2. The number of amides is 2. The molecule has 188 valence electrons. The van der Waals surface area contributed by atoms with Gasteiger partial charge in [0.05, 0.1) is 11.4 Å². The average Bonchev–Trinajstić information content (AvgIpc) is 3.45. The summed E-state index contributed by atoms with van der Waals surface area (Å²) in [5, 5.41) is 2.84. The summed E-state index contributed by atoms with van der Waals surface area (Å²) in [6.07, 6.45) is 1.78. The van der Waals surface area contributed by atoms with Gasteiger partial charge in [-0.05, 0) is 78.6 Å². The SMILES string of the molecule is Cc1ccc(NC(=O)COc2cccc(/C=C3\SC(=S)N(Cc4ccc5c(c4)OCO5)C3=O)c2)cc1C. The van der Waals surface area contributed by atoms with E-state index in [2.05, 4.69) is 5.32 Å². The molecule has 5 rings (SSSR count). The Morgan fingerprint density at radius 3 is 2.76 bits per heavy atom. The maximum absolute atomic E-state index is 13.1. The number of thiocarbonyl (C=S) groups is 1. The van der Waals surface area contributed by atoms with Gasteiger partial charge in [0.15, 0.2) is 18.1 Å². The number of benzene rings is 3. The van der Waals surface area contributed by atoms with Crippen LogP contribution >= 0.6 is 24.0 Å². The smallest absolute Gasteiger partial charge is 0.266 e. The van der Waals surface area contributed by atoms with Crippen molar-refractivity contribution >= 4 is 51.9 Å². The van der Waals surface area contributed by atoms with Crippen LogP contribution in [0.3, 0.4) is 0 Å². The van der Waals surface area contributed by atoms with Crippen LogP contribution in [0.5, 0.6) is 17.2 Å². The highest BCUT2D eigenvalue weighted by molar-refractivity contribution is 8.26. The normalized spacial score (nSPS) is 15.4. The molecule has 2 heterocycles. The summed E-state index contributed by atoms with van der Waals surface area (Å²) in [6.45, 7) is 4.43. The maximum Gasteiger partial charge on any atom is 0.266 e. The summed E-state index contributed by atoms with van der Waals surface area (Å²) in [6, 6.07) is 18.6. The van der Waals surface area contributed by atoms with Crippen LogP contribution in [0, 0.1) is 13.8 Å². The number of nitrogens with zero attached hydrogens (tertiary/aromatic N) is 1. The summed E-state index contributed by atoms with van der Waals surface area (Å²) in [5.41, 5.74) is 4.67. The fraction of sp³-hybridized carbons (Fsp3) is 0.179. The van der Waals surface area contributed by atoms with E-state index in [1.807, 2.05) is 62.4 Å². The third-order valence-corrected chi connectivity index (χ3v) is 7.35. The molecule has 0 spiro atoms. The maximum atomic E-state index is 13.1. The van der Waals surface area contributed by atoms with Crippen molar-refractivity contribution < 1.29 is 23.8 Å². The molecule has 1 N–H and O–H groups in total. The Hall–Kier alpha value is -3.82. The van der Waals surface area contributed by atoms with Gasteiger partial charge in [0.25, 0.3) is 11.8 Å². The second-order valence-corrected chi connectivity index (χ2v) is 10.3. The molecule has 0 aromatic heterocycles. The number of ether oxygens (including phenoxy) is 3. The van der Waals surface area contributed by atoms with E-state index >= 15 is 0 Å². The number of thioether (sulfide) groups is 1. The Morgan fingerprint density at radius 2 is 1.92 bits per heavy atom. The first-order chi connectivity index (χ1) is 17.9. The van der Waals surface area contributed by atoms with E-state index < -0.39 is 0 Å². The number of hydrogen-bond acceptors (Lipinski definition) is 7. The van der Waals surface area contributed by atoms with Crippen molar-refractivity contribution in [3.63, 3.8) is 0 Å². The molecular weight excluding hydrogens is 508 g/mol. The highest BCUT2D eigenvalue weighted by atomic mass is 32.2. The van der Waals surface area contributed by atoms with E-state index in [-0.39, 0.29) is 25.2 Å². The minimum absolute atomic E-state index is 0.131. The first kappa shape index (κ1) is 24.9. The van der Waals surface area contributed by atoms with Crippen LogP contribution in [0.25, 0.3) is 6.08 Å². The molecule has 2 aliphatic rings. The molecule has 0 radical (unpaired) electrons. The predicted molar refractivity (Wildman–Crippen MR) is 148 cm³/mol. The number of aryl methyl sites for hydroxylation is 2. The zero-order valence-electron chi connectivity index (χ0n) is 20.3. The summed E-state index contributed by atoms with van der Waals surface area (Å²) in [7, 11) is 0. The molecule has 3 aromatic rings. The van der Waals surface area contributed by atoms with Crippen LogP contribution in [0.2, 0.25) is 0 Å². The van der Waals surface area contributed by atoms with E-state index in [4.69, 9.17) is 26.4 Å². The molecule has 3 aromatic carbocycles. The van der Waals surface area contributed by atoms with Crippen LogP contribution in [-0.2, 0) is 16.1 Å². The highest BCUT2D eigenvalue weighted by Crippen LogP contribution is 2.36. The van der Waals surface area contributed by atoms with Gasteiger partial charge in [-0.2, -0.15) is 0 Å². The Morgan fingerprint density at radius 1 is 1.08 bits per heavy atom. The molecule has 0 unspecified atom stereocenters. The molecule has 0 bridgehead atoms. The minimum atomic E-state index is -0.252. The van der Waals surface area contributed by atoms with Crippen LogP contribution in [0.4, 0.5) is 5.69 Å². The zero-order valence-corrected chi connectivity index (χ0v) is 21.9. The number of carbonyl (C=O) groups excluding carboxylic acids is 2. The van der Waals surface area contributed by atoms with Crippen molar-refractivity contribution in [3.05, 3.63) is 87.8 Å². The van der Waals surface area contributed by atoms with Crippen LogP contribution in [0.15, 0.2) is 65.6 Å².